The number of nitrogens with one attached hydrogen (secondary N) is 1. The largest absolute Gasteiger partial charge is 0.466 e. The third kappa shape index (κ3) is 3.24. The Morgan fingerprint density at radius 3 is 2.73 bits per heavy atom. The summed E-state index contributed by atoms with van der Waals surface area (Å²) in [6.07, 6.45) is 5.34. The first kappa shape index (κ1) is 12.1. The number of furan rings is 1. The van der Waals surface area contributed by atoms with Crippen LogP contribution in [0.3, 0.4) is 0 Å². The molecule has 0 amide bonds. The monoisotopic (exact) mass is 207 g/mol. The average Bonchev–Trinajstić information content (AvgIpc) is 2.53. The maximum Gasteiger partial charge on any atom is 0.105 e. The van der Waals surface area contributed by atoms with Gasteiger partial charge in [0.1, 0.15) is 11.5 Å². The van der Waals surface area contributed by atoms with E-state index in [9.17, 15) is 0 Å². The van der Waals surface area contributed by atoms with E-state index in [1.54, 1.807) is 0 Å². The third-order valence-electron chi connectivity index (χ3n) is 2.70. The van der Waals surface area contributed by atoms with E-state index in [1.165, 1.54) is 12.0 Å². The van der Waals surface area contributed by atoms with Crippen molar-refractivity contribution in [2.75, 3.05) is 7.05 Å². The average molecular weight is 207 g/mol. The molecule has 0 bridgehead atoms. The van der Waals surface area contributed by atoms with Crippen LogP contribution in [0.5, 0.6) is 0 Å². The van der Waals surface area contributed by atoms with Crippen molar-refractivity contribution in [3.05, 3.63) is 35.8 Å². The summed E-state index contributed by atoms with van der Waals surface area (Å²) < 4.78 is 5.54. The van der Waals surface area contributed by atoms with Crippen molar-refractivity contribution < 1.29 is 4.42 Å². The van der Waals surface area contributed by atoms with Gasteiger partial charge in [0.15, 0.2) is 0 Å². The van der Waals surface area contributed by atoms with E-state index < -0.39 is 0 Å². The summed E-state index contributed by atoms with van der Waals surface area (Å²) >= 11 is 0. The summed E-state index contributed by atoms with van der Waals surface area (Å²) in [4.78, 5) is 0. The molecule has 1 atom stereocenters. The molecule has 1 aromatic heterocycles. The number of aryl methyl sites for hydroxylation is 2. The van der Waals surface area contributed by atoms with Gasteiger partial charge in [-0.3, -0.25) is 0 Å². The molecule has 1 heterocycles. The molecular formula is C13H21NO. The summed E-state index contributed by atoms with van der Waals surface area (Å²) in [6.45, 7) is 7.76. The summed E-state index contributed by atoms with van der Waals surface area (Å²) in [6, 6.07) is 2.53. The van der Waals surface area contributed by atoms with Gasteiger partial charge in [-0.1, -0.05) is 6.08 Å². The van der Waals surface area contributed by atoms with Crippen molar-refractivity contribution >= 4 is 0 Å². The highest BCUT2D eigenvalue weighted by Gasteiger charge is 2.14. The first-order valence-corrected chi connectivity index (χ1v) is 5.54. The van der Waals surface area contributed by atoms with Crippen LogP contribution >= 0.6 is 0 Å². The Kier molecular flexibility index (Phi) is 4.63. The molecule has 1 unspecified atom stereocenters. The molecular weight excluding hydrogens is 186 g/mol. The van der Waals surface area contributed by atoms with Gasteiger partial charge >= 0.3 is 0 Å². The van der Waals surface area contributed by atoms with Crippen molar-refractivity contribution in [1.82, 2.24) is 5.32 Å². The second-order valence-electron chi connectivity index (χ2n) is 3.93. The molecule has 2 heteroatoms. The zero-order valence-electron chi connectivity index (χ0n) is 9.97. The Bertz CT molecular complexity index is 314. The van der Waals surface area contributed by atoms with E-state index in [1.807, 2.05) is 27.0 Å². The Balaban J connectivity index is 2.65. The van der Waals surface area contributed by atoms with Crippen molar-refractivity contribution in [3.8, 4) is 0 Å². The molecule has 1 N–H and O–H groups in total. The van der Waals surface area contributed by atoms with Gasteiger partial charge < -0.3 is 9.73 Å². The molecule has 2 nitrogen and oxygen atoms in total. The molecule has 0 aliphatic rings. The maximum absolute atomic E-state index is 5.54. The minimum absolute atomic E-state index is 0.405. The normalized spacial score (nSPS) is 12.7. The van der Waals surface area contributed by atoms with Gasteiger partial charge in [-0.05, 0) is 46.2 Å². The van der Waals surface area contributed by atoms with Crippen molar-refractivity contribution in [3.63, 3.8) is 0 Å². The van der Waals surface area contributed by atoms with Crippen molar-refractivity contribution in [2.45, 2.75) is 39.2 Å². The quantitative estimate of drug-likeness (QED) is 0.570. The van der Waals surface area contributed by atoms with Gasteiger partial charge in [0.05, 0.1) is 0 Å². The predicted molar refractivity (Wildman–Crippen MR) is 64.0 cm³/mol. The number of rotatable bonds is 6. The molecule has 0 aromatic carbocycles. The molecule has 15 heavy (non-hydrogen) atoms. The minimum Gasteiger partial charge on any atom is -0.466 e. The van der Waals surface area contributed by atoms with Gasteiger partial charge in [-0.2, -0.15) is 0 Å². The molecule has 0 aliphatic carbocycles. The lowest BCUT2D eigenvalue weighted by atomic mass is 10.0. The SMILES string of the molecule is C=CCCCC(NC)c1cc(C)oc1C. The number of unbranched alkanes of at least 4 members (excludes halogenated alkanes) is 1. The first-order valence-electron chi connectivity index (χ1n) is 5.54. The van der Waals surface area contributed by atoms with Crippen LogP contribution in [0, 0.1) is 13.8 Å². The van der Waals surface area contributed by atoms with Gasteiger partial charge in [-0.15, -0.1) is 6.58 Å². The molecule has 84 valence electrons. The Morgan fingerprint density at radius 2 is 2.27 bits per heavy atom. The van der Waals surface area contributed by atoms with Crippen LogP contribution in [0.4, 0.5) is 0 Å². The van der Waals surface area contributed by atoms with Gasteiger partial charge in [0, 0.05) is 11.6 Å². The highest BCUT2D eigenvalue weighted by atomic mass is 16.3. The van der Waals surface area contributed by atoms with Gasteiger partial charge in [-0.25, -0.2) is 0 Å². The number of hydrogen-bond acceptors (Lipinski definition) is 2. The smallest absolute Gasteiger partial charge is 0.105 e. The number of allylic oxidation sites excluding steroid dienone is 1. The molecule has 0 aliphatic heterocycles. The zero-order chi connectivity index (χ0) is 11.3. The molecule has 0 fully saturated rings. The van der Waals surface area contributed by atoms with Gasteiger partial charge in [0.2, 0.25) is 0 Å². The Morgan fingerprint density at radius 1 is 1.53 bits per heavy atom. The van der Waals surface area contributed by atoms with Crippen LogP contribution in [-0.2, 0) is 0 Å². The Labute approximate surface area is 92.4 Å². The topological polar surface area (TPSA) is 25.2 Å². The second-order valence-corrected chi connectivity index (χ2v) is 3.93. The molecule has 0 saturated carbocycles. The van der Waals surface area contributed by atoms with Crippen LogP contribution in [0.1, 0.15) is 42.4 Å². The summed E-state index contributed by atoms with van der Waals surface area (Å²) in [5.41, 5.74) is 1.29. The summed E-state index contributed by atoms with van der Waals surface area (Å²) in [5.74, 6) is 2.02. The highest BCUT2D eigenvalue weighted by molar-refractivity contribution is 5.23. The van der Waals surface area contributed by atoms with E-state index in [2.05, 4.69) is 18.0 Å². The van der Waals surface area contributed by atoms with Gasteiger partial charge in [0.25, 0.3) is 0 Å². The van der Waals surface area contributed by atoms with E-state index in [0.29, 0.717) is 6.04 Å². The predicted octanol–water partition coefficient (Wildman–Crippen LogP) is 3.51. The van der Waals surface area contributed by atoms with Crippen LogP contribution in [0.25, 0.3) is 0 Å². The van der Waals surface area contributed by atoms with Crippen molar-refractivity contribution in [1.29, 1.82) is 0 Å². The van der Waals surface area contributed by atoms with Crippen LogP contribution < -0.4 is 5.32 Å². The first-order chi connectivity index (χ1) is 7.19. The zero-order valence-corrected chi connectivity index (χ0v) is 9.97. The molecule has 1 rings (SSSR count). The van der Waals surface area contributed by atoms with Crippen LogP contribution in [-0.4, -0.2) is 7.05 Å². The fourth-order valence-corrected chi connectivity index (χ4v) is 1.92. The van der Waals surface area contributed by atoms with E-state index >= 15 is 0 Å². The van der Waals surface area contributed by atoms with E-state index in [-0.39, 0.29) is 0 Å². The maximum atomic E-state index is 5.54. The molecule has 0 saturated heterocycles. The van der Waals surface area contributed by atoms with E-state index in [0.717, 1.165) is 24.4 Å². The lowest BCUT2D eigenvalue weighted by Crippen LogP contribution is -2.16. The standard InChI is InChI=1S/C13H21NO/c1-5-6-7-8-13(14-4)12-9-10(2)15-11(12)3/h5,9,13-14H,1,6-8H2,2-4H3. The fraction of sp³-hybridized carbons (Fsp3) is 0.538. The molecule has 0 radical (unpaired) electrons. The van der Waals surface area contributed by atoms with Crippen LogP contribution in [0.2, 0.25) is 0 Å². The lowest BCUT2D eigenvalue weighted by Gasteiger charge is -2.14. The summed E-state index contributed by atoms with van der Waals surface area (Å²) in [5, 5.41) is 3.34. The van der Waals surface area contributed by atoms with Crippen molar-refractivity contribution in [2.24, 2.45) is 0 Å². The Hall–Kier alpha value is -1.02. The molecule has 1 aromatic rings. The van der Waals surface area contributed by atoms with E-state index in [4.69, 9.17) is 4.42 Å². The van der Waals surface area contributed by atoms with Crippen LogP contribution in [0.15, 0.2) is 23.1 Å². The molecule has 0 spiro atoms. The minimum atomic E-state index is 0.405. The summed E-state index contributed by atoms with van der Waals surface area (Å²) in [7, 11) is 2.00. The highest BCUT2D eigenvalue weighted by Crippen LogP contribution is 2.25. The third-order valence-corrected chi connectivity index (χ3v) is 2.70. The lowest BCUT2D eigenvalue weighted by molar-refractivity contribution is 0.480. The second kappa shape index (κ2) is 5.76. The fourth-order valence-electron chi connectivity index (χ4n) is 1.92. The number of hydrogen-bond donors (Lipinski definition) is 1.